The Balaban J connectivity index is 1.80. The molecule has 23 heavy (non-hydrogen) atoms. The number of imidazole rings is 1. The predicted octanol–water partition coefficient (Wildman–Crippen LogP) is 2.72. The Morgan fingerprint density at radius 2 is 2.13 bits per heavy atom. The van der Waals surface area contributed by atoms with Gasteiger partial charge in [-0.15, -0.1) is 0 Å². The van der Waals surface area contributed by atoms with Crippen molar-refractivity contribution in [3.05, 3.63) is 52.7 Å². The zero-order chi connectivity index (χ0) is 16.1. The van der Waals surface area contributed by atoms with E-state index >= 15 is 0 Å². The number of carbonyl (C=O) groups is 1. The lowest BCUT2D eigenvalue weighted by atomic mass is 10.0. The van der Waals surface area contributed by atoms with Gasteiger partial charge in [-0.3, -0.25) is 4.79 Å². The maximum Gasteiger partial charge on any atom is 0.256 e. The highest BCUT2D eigenvalue weighted by atomic mass is 16.2. The van der Waals surface area contributed by atoms with Gasteiger partial charge in [-0.05, 0) is 19.4 Å². The van der Waals surface area contributed by atoms with Crippen molar-refractivity contribution >= 4 is 16.8 Å². The van der Waals surface area contributed by atoms with Gasteiger partial charge in [0.05, 0.1) is 29.6 Å². The zero-order valence-electron chi connectivity index (χ0n) is 13.7. The lowest BCUT2D eigenvalue weighted by Gasteiger charge is -2.27. The van der Waals surface area contributed by atoms with E-state index in [0.717, 1.165) is 41.0 Å². The summed E-state index contributed by atoms with van der Waals surface area (Å²) in [5.41, 5.74) is 6.36. The van der Waals surface area contributed by atoms with Crippen LogP contribution >= 0.6 is 0 Å². The summed E-state index contributed by atoms with van der Waals surface area (Å²) in [5.74, 6) is 0.116. The Morgan fingerprint density at radius 1 is 1.30 bits per heavy atom. The second-order valence-electron chi connectivity index (χ2n) is 6.30. The third-order valence-corrected chi connectivity index (χ3v) is 4.93. The number of amides is 1. The number of aryl methyl sites for hydroxylation is 3. The molecule has 0 unspecified atom stereocenters. The summed E-state index contributed by atoms with van der Waals surface area (Å²) in [6.45, 7) is 5.39. The zero-order valence-corrected chi connectivity index (χ0v) is 13.7. The Labute approximate surface area is 134 Å². The number of fused-ring (bicyclic) bond motifs is 3. The number of aromatic amines is 1. The summed E-state index contributed by atoms with van der Waals surface area (Å²) in [7, 11) is 2.06. The molecule has 1 aliphatic rings. The van der Waals surface area contributed by atoms with E-state index in [2.05, 4.69) is 40.6 Å². The number of nitrogens with one attached hydrogen (secondary N) is 1. The fourth-order valence-electron chi connectivity index (χ4n) is 3.67. The molecule has 0 aliphatic carbocycles. The average Bonchev–Trinajstić information content (AvgIpc) is 3.06. The quantitative estimate of drug-likeness (QED) is 0.791. The maximum atomic E-state index is 13.1. The number of H-pyrrole nitrogens is 1. The summed E-state index contributed by atoms with van der Waals surface area (Å²) >= 11 is 0. The fraction of sp³-hybridized carbons (Fsp3) is 0.333. The third-order valence-electron chi connectivity index (χ3n) is 4.93. The van der Waals surface area contributed by atoms with Crippen LogP contribution in [0, 0.1) is 13.8 Å². The lowest BCUT2D eigenvalue weighted by molar-refractivity contribution is 0.0725. The smallest absolute Gasteiger partial charge is 0.256 e. The lowest BCUT2D eigenvalue weighted by Crippen LogP contribution is -2.37. The van der Waals surface area contributed by atoms with E-state index < -0.39 is 0 Å². The second kappa shape index (κ2) is 4.98. The number of hydrogen-bond donors (Lipinski definition) is 1. The van der Waals surface area contributed by atoms with Crippen LogP contribution in [0.15, 0.2) is 24.5 Å². The Hall–Kier alpha value is -2.56. The van der Waals surface area contributed by atoms with E-state index in [1.165, 1.54) is 11.1 Å². The molecule has 5 heteroatoms. The second-order valence-corrected chi connectivity index (χ2v) is 6.30. The third kappa shape index (κ3) is 2.00. The predicted molar refractivity (Wildman–Crippen MR) is 89.4 cm³/mol. The van der Waals surface area contributed by atoms with Crippen LogP contribution in [-0.4, -0.2) is 31.9 Å². The van der Waals surface area contributed by atoms with Crippen molar-refractivity contribution in [3.8, 4) is 0 Å². The largest absolute Gasteiger partial charge is 0.348 e. The van der Waals surface area contributed by atoms with E-state index in [0.29, 0.717) is 6.54 Å². The van der Waals surface area contributed by atoms with Crippen LogP contribution in [0.2, 0.25) is 0 Å². The van der Waals surface area contributed by atoms with Gasteiger partial charge < -0.3 is 14.5 Å². The molecule has 4 rings (SSSR count). The number of aromatic nitrogens is 3. The number of carbonyl (C=O) groups excluding carboxylic acids is 1. The first kappa shape index (κ1) is 14.1. The molecule has 3 aromatic rings. The molecule has 2 aromatic heterocycles. The van der Waals surface area contributed by atoms with Gasteiger partial charge in [0.2, 0.25) is 0 Å². The Morgan fingerprint density at radius 3 is 2.87 bits per heavy atom. The molecule has 0 saturated carbocycles. The van der Waals surface area contributed by atoms with E-state index in [1.807, 2.05) is 17.9 Å². The van der Waals surface area contributed by atoms with Crippen LogP contribution in [0.1, 0.15) is 33.0 Å². The van der Waals surface area contributed by atoms with Gasteiger partial charge >= 0.3 is 0 Å². The van der Waals surface area contributed by atoms with Crippen molar-refractivity contribution in [3.63, 3.8) is 0 Å². The van der Waals surface area contributed by atoms with Crippen LogP contribution in [0.3, 0.4) is 0 Å². The fourth-order valence-corrected chi connectivity index (χ4v) is 3.67. The summed E-state index contributed by atoms with van der Waals surface area (Å²) in [4.78, 5) is 22.4. The normalized spacial score (nSPS) is 14.6. The van der Waals surface area contributed by atoms with E-state index in [-0.39, 0.29) is 5.91 Å². The first-order valence-corrected chi connectivity index (χ1v) is 7.93. The molecule has 0 atom stereocenters. The first-order valence-electron chi connectivity index (χ1n) is 7.93. The van der Waals surface area contributed by atoms with Gasteiger partial charge in [0.15, 0.2) is 0 Å². The first-order chi connectivity index (χ1) is 11.1. The van der Waals surface area contributed by atoms with Gasteiger partial charge in [-0.2, -0.15) is 0 Å². The van der Waals surface area contributed by atoms with E-state index in [9.17, 15) is 4.79 Å². The summed E-state index contributed by atoms with van der Waals surface area (Å²) in [5, 5.41) is 1.07. The Kier molecular flexibility index (Phi) is 3.04. The SMILES string of the molecule is Cc1[nH]cnc1CN1CCc2c(c3cccc(C)c3n2C)C1=O. The van der Waals surface area contributed by atoms with Crippen molar-refractivity contribution in [1.82, 2.24) is 19.4 Å². The number of nitrogens with zero attached hydrogens (tertiary/aromatic N) is 3. The minimum absolute atomic E-state index is 0.116. The van der Waals surface area contributed by atoms with E-state index in [1.54, 1.807) is 6.33 Å². The van der Waals surface area contributed by atoms with E-state index in [4.69, 9.17) is 0 Å². The van der Waals surface area contributed by atoms with Gasteiger partial charge in [-0.25, -0.2) is 4.98 Å². The molecule has 0 spiro atoms. The van der Waals surface area contributed by atoms with Crippen molar-refractivity contribution < 1.29 is 4.79 Å². The van der Waals surface area contributed by atoms with Crippen molar-refractivity contribution in [2.24, 2.45) is 7.05 Å². The number of para-hydroxylation sites is 1. The molecule has 1 amide bonds. The average molecular weight is 308 g/mol. The highest BCUT2D eigenvalue weighted by Gasteiger charge is 2.30. The molecular formula is C18H20N4O. The van der Waals surface area contributed by atoms with Crippen molar-refractivity contribution in [1.29, 1.82) is 0 Å². The van der Waals surface area contributed by atoms with Crippen LogP contribution in [0.4, 0.5) is 0 Å². The molecule has 0 radical (unpaired) electrons. The highest BCUT2D eigenvalue weighted by Crippen LogP contribution is 2.32. The Bertz CT molecular complexity index is 919. The van der Waals surface area contributed by atoms with Gasteiger partial charge in [0.1, 0.15) is 0 Å². The molecule has 1 aromatic carbocycles. The monoisotopic (exact) mass is 308 g/mol. The molecule has 3 heterocycles. The number of hydrogen-bond acceptors (Lipinski definition) is 2. The van der Waals surface area contributed by atoms with Gasteiger partial charge in [0.25, 0.3) is 5.91 Å². The molecular weight excluding hydrogens is 288 g/mol. The molecule has 1 aliphatic heterocycles. The standard InChI is InChI=1S/C18H20N4O/c1-11-5-4-6-13-16-15(21(3)17(11)13)7-8-22(18(16)23)9-14-12(2)19-10-20-14/h4-6,10H,7-9H2,1-3H3,(H,19,20). The van der Waals surface area contributed by atoms with Crippen molar-refractivity contribution in [2.45, 2.75) is 26.8 Å². The van der Waals surface area contributed by atoms with Crippen molar-refractivity contribution in [2.75, 3.05) is 6.54 Å². The molecule has 1 N–H and O–H groups in total. The van der Waals surface area contributed by atoms with Gasteiger partial charge in [-0.1, -0.05) is 18.2 Å². The topological polar surface area (TPSA) is 53.9 Å². The maximum absolute atomic E-state index is 13.1. The van der Waals surface area contributed by atoms with Gasteiger partial charge in [0, 0.05) is 36.8 Å². The van der Waals surface area contributed by atoms with Crippen LogP contribution in [0.25, 0.3) is 10.9 Å². The molecule has 5 nitrogen and oxygen atoms in total. The summed E-state index contributed by atoms with van der Waals surface area (Å²) in [6, 6.07) is 6.19. The molecule has 0 saturated heterocycles. The minimum Gasteiger partial charge on any atom is -0.348 e. The highest BCUT2D eigenvalue weighted by molar-refractivity contribution is 6.09. The molecule has 0 fully saturated rings. The summed E-state index contributed by atoms with van der Waals surface area (Å²) in [6.07, 6.45) is 2.57. The number of rotatable bonds is 2. The van der Waals surface area contributed by atoms with Crippen LogP contribution < -0.4 is 0 Å². The number of benzene rings is 1. The molecule has 0 bridgehead atoms. The minimum atomic E-state index is 0.116. The molecule has 118 valence electrons. The van der Waals surface area contributed by atoms with Crippen LogP contribution in [0.5, 0.6) is 0 Å². The van der Waals surface area contributed by atoms with Crippen LogP contribution in [-0.2, 0) is 20.0 Å². The summed E-state index contributed by atoms with van der Waals surface area (Å²) < 4.78 is 2.19.